The summed E-state index contributed by atoms with van der Waals surface area (Å²) in [6.07, 6.45) is 0. The first-order valence-corrected chi connectivity index (χ1v) is 51.5. The van der Waals surface area contributed by atoms with Crippen molar-refractivity contribution >= 4 is 0 Å². The van der Waals surface area contributed by atoms with E-state index in [0.29, 0.717) is 11.1 Å². The van der Waals surface area contributed by atoms with Crippen LogP contribution in [0.4, 0.5) is 0 Å². The highest BCUT2D eigenvalue weighted by atomic mass is 14.3. The minimum atomic E-state index is -2.12. The molecule has 0 aliphatic heterocycles. The molecule has 0 heteroatoms. The monoisotopic (exact) mass is 1920 g/mol. The van der Waals surface area contributed by atoms with E-state index in [1.807, 2.05) is 140 Å². The maximum Gasteiger partial charge on any atom is 0.0347 e. The molecule has 0 N–H and O–H groups in total. The molecule has 0 saturated carbocycles. The lowest BCUT2D eigenvalue weighted by atomic mass is 9.84. The lowest BCUT2D eigenvalue weighted by Crippen LogP contribution is -2.02. The SMILES string of the molecule is Cc1cc(C)c(-c2cc(C)c(C)c(C)c2)c(C)c1.Cc1ccc(-c2cc(C)c(C)c(C)c2)c(C)c1.Cc1ccc(-c2ccc(C)c(C)c2)c(C)c1.Cc1ccc(-c2ccc(C)c(C)c2)c(C)c1.[2H]C(C)(C)c1cc(-c2c(C)cc(C)cc2C)cc(C([2H])(C)C)c1C.[2H]C(C)(C)c1cc(-c2ccccc2)cc(C([2H])(C)C)c1C.[2H]C([2H])([2H])c1ccc(-c2cc(C([2H])(C)C)c(C)c(C([2H])(C)C)c2)cc1.[2H]C([2H])([2H])c1ccc(-c2ccc(C)c(C)c2)c(C)c1. The quantitative estimate of drug-likeness (QED) is 0.102. The van der Waals surface area contributed by atoms with Crippen molar-refractivity contribution < 1.29 is 16.4 Å². The first-order valence-electron chi connectivity index (χ1n) is 57.5. The Kier molecular flexibility index (Phi) is 35.1. The Morgan fingerprint density at radius 1 is 0.146 bits per heavy atom. The summed E-state index contributed by atoms with van der Waals surface area (Å²) < 4.78 is 95.6. The molecule has 0 fully saturated rings. The van der Waals surface area contributed by atoms with Crippen LogP contribution in [-0.2, 0) is 0 Å². The predicted octanol–water partition coefficient (Wildman–Crippen LogP) is 42.8. The smallest absolute Gasteiger partial charge is 0.0347 e. The molecule has 16 aromatic rings. The first kappa shape index (κ1) is 97.6. The van der Waals surface area contributed by atoms with Gasteiger partial charge in [-0.15, -0.1) is 0 Å². The van der Waals surface area contributed by atoms with Gasteiger partial charge in [0.05, 0.1) is 0 Å². The van der Waals surface area contributed by atoms with Crippen LogP contribution in [0.1, 0.15) is 335 Å². The maximum absolute atomic E-state index is 8.55. The maximum atomic E-state index is 8.55. The van der Waals surface area contributed by atoms with Crippen LogP contribution in [0.15, 0.2) is 267 Å². The zero-order valence-corrected chi connectivity index (χ0v) is 95.4. The van der Waals surface area contributed by atoms with Crippen molar-refractivity contribution in [3.63, 3.8) is 0 Å². The highest BCUT2D eigenvalue weighted by Gasteiger charge is 2.21. The molecule has 0 saturated heterocycles. The highest BCUT2D eigenvalue weighted by Crippen LogP contribution is 2.41. The minimum Gasteiger partial charge on any atom is -0.0622 e. The van der Waals surface area contributed by atoms with Crippen LogP contribution in [0, 0.1) is 208 Å². The van der Waals surface area contributed by atoms with E-state index in [1.54, 1.807) is 36.4 Å². The van der Waals surface area contributed by atoms with E-state index >= 15 is 0 Å². The zero-order valence-electron chi connectivity index (χ0n) is 107. The third-order valence-electron chi connectivity index (χ3n) is 28.7. The number of hydrogen-bond acceptors (Lipinski definition) is 0. The number of rotatable bonds is 14. The molecular formula is C144H176. The zero-order chi connectivity index (χ0) is 117. The number of hydrogen-bond donors (Lipinski definition) is 0. The summed E-state index contributed by atoms with van der Waals surface area (Å²) in [7, 11) is 0. The van der Waals surface area contributed by atoms with Gasteiger partial charge in [0.25, 0.3) is 0 Å². The Morgan fingerprint density at radius 2 is 0.361 bits per heavy atom. The lowest BCUT2D eigenvalue weighted by molar-refractivity contribution is 0.818. The van der Waals surface area contributed by atoms with Gasteiger partial charge < -0.3 is 0 Å². The Morgan fingerprint density at radius 3 is 0.625 bits per heavy atom. The highest BCUT2D eigenvalue weighted by molar-refractivity contribution is 5.78. The molecule has 0 nitrogen and oxygen atoms in total. The van der Waals surface area contributed by atoms with E-state index in [-0.39, 0.29) is 0 Å². The summed E-state index contributed by atoms with van der Waals surface area (Å²) in [6.45, 7) is 78.5. The molecule has 0 aliphatic rings. The van der Waals surface area contributed by atoms with E-state index in [4.69, 9.17) is 16.4 Å². The second-order valence-corrected chi connectivity index (χ2v) is 42.4. The molecule has 0 unspecified atom stereocenters. The Bertz CT molecular complexity index is 7420. The van der Waals surface area contributed by atoms with Crippen LogP contribution in [-0.4, -0.2) is 0 Å². The van der Waals surface area contributed by atoms with Crippen LogP contribution >= 0.6 is 0 Å². The van der Waals surface area contributed by atoms with Gasteiger partial charge in [-0.05, 0) is 493 Å². The largest absolute Gasteiger partial charge is 0.0622 e. The van der Waals surface area contributed by atoms with Crippen molar-refractivity contribution in [2.75, 3.05) is 0 Å². The summed E-state index contributed by atoms with van der Waals surface area (Å²) in [5.74, 6) is -4.28. The van der Waals surface area contributed by atoms with Gasteiger partial charge in [0.1, 0.15) is 0 Å². The summed E-state index contributed by atoms with van der Waals surface area (Å²) in [6, 6.07) is 92.7. The van der Waals surface area contributed by atoms with E-state index in [2.05, 4.69) is 367 Å². The number of benzene rings is 16. The molecule has 752 valence electrons. The fourth-order valence-electron chi connectivity index (χ4n) is 19.8. The molecular weight excluding hydrogens is 1730 g/mol. The van der Waals surface area contributed by atoms with Gasteiger partial charge in [0.2, 0.25) is 0 Å². The van der Waals surface area contributed by atoms with Gasteiger partial charge in [0, 0.05) is 16.4 Å². The summed E-state index contributed by atoms with van der Waals surface area (Å²) >= 11 is 0. The van der Waals surface area contributed by atoms with Gasteiger partial charge >= 0.3 is 0 Å². The Balaban J connectivity index is 0.000000198. The van der Waals surface area contributed by atoms with Gasteiger partial charge in [-0.25, -0.2) is 0 Å². The summed E-state index contributed by atoms with van der Waals surface area (Å²) in [5.41, 5.74) is 62.1. The van der Waals surface area contributed by atoms with Crippen LogP contribution < -0.4 is 0 Å². The Labute approximate surface area is 893 Å². The van der Waals surface area contributed by atoms with E-state index in [0.717, 1.165) is 94.6 Å². The summed E-state index contributed by atoms with van der Waals surface area (Å²) in [4.78, 5) is 0. The normalized spacial score (nSPS) is 12.8. The van der Waals surface area contributed by atoms with Crippen molar-refractivity contribution in [2.45, 2.75) is 326 Å². The molecule has 0 amide bonds. The van der Waals surface area contributed by atoms with Gasteiger partial charge in [-0.2, -0.15) is 0 Å². The van der Waals surface area contributed by atoms with Gasteiger partial charge in [-0.3, -0.25) is 0 Å². The molecule has 0 bridgehead atoms. The average molecular weight is 1920 g/mol. The first-order chi connectivity index (χ1) is 72.0. The van der Waals surface area contributed by atoms with Crippen molar-refractivity contribution in [3.05, 3.63) is 467 Å². The van der Waals surface area contributed by atoms with E-state index < -0.39 is 49.1 Å². The molecule has 16 aromatic carbocycles. The molecule has 0 spiro atoms. The van der Waals surface area contributed by atoms with Gasteiger partial charge in [0.15, 0.2) is 0 Å². The molecule has 144 heavy (non-hydrogen) atoms. The third-order valence-corrected chi connectivity index (χ3v) is 28.7. The van der Waals surface area contributed by atoms with Crippen molar-refractivity contribution in [2.24, 2.45) is 0 Å². The molecule has 0 radical (unpaired) electrons. The summed E-state index contributed by atoms with van der Waals surface area (Å²) in [5, 5.41) is 0. The van der Waals surface area contributed by atoms with E-state index in [9.17, 15) is 0 Å². The van der Waals surface area contributed by atoms with Crippen LogP contribution in [0.2, 0.25) is 0 Å². The van der Waals surface area contributed by atoms with E-state index in [1.165, 1.54) is 184 Å². The van der Waals surface area contributed by atoms with Crippen LogP contribution in [0.25, 0.3) is 89.0 Å². The fourth-order valence-corrected chi connectivity index (χ4v) is 19.8. The third kappa shape index (κ3) is 30.6. The number of aryl methyl sites for hydroxylation is 25. The van der Waals surface area contributed by atoms with Crippen LogP contribution in [0.5, 0.6) is 0 Å². The molecule has 0 aromatic heterocycles. The van der Waals surface area contributed by atoms with Crippen molar-refractivity contribution in [1.29, 1.82) is 0 Å². The average Bonchev–Trinajstić information content (AvgIpc) is 0.767. The topological polar surface area (TPSA) is 0 Å². The fraction of sp³-hybridized carbons (Fsp3) is 0.333. The lowest BCUT2D eigenvalue weighted by Gasteiger charge is -2.21. The molecule has 16 rings (SSSR count). The second-order valence-electron chi connectivity index (χ2n) is 42.4. The predicted molar refractivity (Wildman–Crippen MR) is 642 cm³/mol. The second kappa shape index (κ2) is 51.8. The molecule has 0 atom stereocenters. The van der Waals surface area contributed by atoms with Crippen molar-refractivity contribution in [3.8, 4) is 89.0 Å². The Hall–Kier alpha value is -12.5. The van der Waals surface area contributed by atoms with Gasteiger partial charge in [-0.1, -0.05) is 389 Å². The standard InChI is InChI=1S/C22H30.C20H26.C19H24.C18H22.C17H20.3C16H18/c1-13(2)20-11-19(12-21(14(3)4)18(20)8)22-16(6)9-15(5)10-17(22)7;1-13(2)19-11-18(12-20(14(3)4)16(19)6)17-9-7-15(5)8-10-17;1-13(2)18-11-17(16-9-7-6-8-10-16)12-19(14(3)4)15(18)5;1-11-7-14(4)18(15(5)8-11)17-9-12(2)16(6)13(3)10-17;1-11-6-7-17(14(4)8-11)16-9-12(2)15(5)13(3)10-16;3*1-11-5-8-16(14(4)9-11)15-7-6-12(2)13(3)10-15/h9-14H,1-8H3;7-14H,1-6H3;6-14H,1-5H3;7-10H,1-6H3;6-10H,1-5H3;3*5-10H,1-4H3/i13D,14D;5D3,13D,14D;13D,14D;;;1D3;;. The molecule has 0 heterocycles. The molecule has 0 aliphatic carbocycles. The minimum absolute atomic E-state index is 0.311. The van der Waals surface area contributed by atoms with Crippen LogP contribution in [0.3, 0.4) is 0 Å². The van der Waals surface area contributed by atoms with Crippen molar-refractivity contribution in [1.82, 2.24) is 0 Å².